The molecule has 0 saturated carbocycles. The van der Waals surface area contributed by atoms with Crippen LogP contribution in [-0.4, -0.2) is 57.3 Å². The van der Waals surface area contributed by atoms with Crippen LogP contribution in [0.2, 0.25) is 0 Å². The molecule has 34 valence electrons. The normalized spacial score (nSPS) is 5.50. The molecule has 0 bridgehead atoms. The third kappa shape index (κ3) is 8.94. The molecule has 0 unspecified atom stereocenters. The fourth-order valence-electron chi connectivity index (χ4n) is 0. The summed E-state index contributed by atoms with van der Waals surface area (Å²) < 4.78 is 20.5. The third-order valence-electron chi connectivity index (χ3n) is 0.0861. The molecule has 0 rings (SSSR count). The van der Waals surface area contributed by atoms with Gasteiger partial charge in [0.25, 0.3) is 0 Å². The zero-order valence-electron chi connectivity index (χ0n) is 2.25. The maximum atomic E-state index is 9.08. The summed E-state index contributed by atoms with van der Waals surface area (Å²) >= 11 is 0. The van der Waals surface area contributed by atoms with E-state index in [9.17, 15) is 0 Å². The topological polar surface area (TPSA) is 72.5 Å². The van der Waals surface area contributed by atoms with Crippen LogP contribution in [0.25, 0.3) is 0 Å². The van der Waals surface area contributed by atoms with Crippen LogP contribution in [-0.2, 0) is 10.5 Å². The first-order chi connectivity index (χ1) is 2.27. The molecule has 0 spiro atoms. The van der Waals surface area contributed by atoms with E-state index in [-0.39, 0.29) is 48.9 Å². The van der Waals surface area contributed by atoms with Crippen LogP contribution in [0.5, 0.6) is 0 Å². The molecule has 0 aliphatic carbocycles. The molecule has 2 N–H and O–H groups in total. The summed E-state index contributed by atoms with van der Waals surface area (Å²) in [6.45, 7) is 0. The Kier molecular flexibility index (Phi) is 10.5. The summed E-state index contributed by atoms with van der Waals surface area (Å²) in [6.07, 6.45) is 0. The average molecular weight is 233 g/mol. The molecule has 0 radical (unpaired) electrons. The van der Waals surface area contributed by atoms with Crippen molar-refractivity contribution in [3.8, 4) is 0 Å². The monoisotopic (exact) mass is 234 g/mol. The first-order valence-electron chi connectivity index (χ1n) is 0.774. The van der Waals surface area contributed by atoms with Crippen LogP contribution in [0, 0.1) is 0 Å². The number of hydrogen-bond acceptors (Lipinski definition) is 3. The van der Waals surface area contributed by atoms with Gasteiger partial charge in [-0.2, -0.15) is 8.42 Å². The molecule has 0 fully saturated rings. The van der Waals surface area contributed by atoms with Crippen molar-refractivity contribution < 1.29 is 8.42 Å². The molecule has 0 saturated heterocycles. The number of nitrogens with zero attached hydrogens (tertiary/aromatic N) is 1. The predicted molar refractivity (Wildman–Crippen MR) is 24.1 cm³/mol. The summed E-state index contributed by atoms with van der Waals surface area (Å²) in [5.74, 6) is 4.18. The van der Waals surface area contributed by atoms with Crippen molar-refractivity contribution in [3.63, 3.8) is 0 Å². The fourth-order valence-corrected chi connectivity index (χ4v) is 0. The molecule has 0 aliphatic heterocycles. The molecule has 0 aliphatic rings. The molecule has 0 aromatic heterocycles. The molecule has 4 nitrogen and oxygen atoms in total. The summed E-state index contributed by atoms with van der Waals surface area (Å²) in [7, 11) is -2.42. The quantitative estimate of drug-likeness (QED) is 0.299. The van der Waals surface area contributed by atoms with Gasteiger partial charge in [-0.1, -0.05) is 4.47 Å². The van der Waals surface area contributed by atoms with Gasteiger partial charge >= 0.3 is 59.4 Å². The van der Waals surface area contributed by atoms with Gasteiger partial charge in [0.1, 0.15) is 0 Å². The molecule has 0 aromatic carbocycles. The molecule has 0 aromatic rings. The van der Waals surface area contributed by atoms with E-state index in [0.717, 1.165) is 0 Å². The van der Waals surface area contributed by atoms with Crippen molar-refractivity contribution in [3.05, 3.63) is 0 Å². The second kappa shape index (κ2) is 6.15. The molecule has 0 amide bonds. The Morgan fingerprint density at radius 3 is 1.67 bits per heavy atom. The molecule has 6 heavy (non-hydrogen) atoms. The van der Waals surface area contributed by atoms with Crippen LogP contribution >= 0.6 is 0 Å². The van der Waals surface area contributed by atoms with Crippen LogP contribution in [0.15, 0.2) is 4.47 Å². The Hall–Kier alpha value is 1.15. The van der Waals surface area contributed by atoms with Gasteiger partial charge in [0.2, 0.25) is 0 Å². The van der Waals surface area contributed by atoms with Crippen LogP contribution in [0.1, 0.15) is 0 Å². The number of nitrogens with two attached hydrogens (primary N) is 1. The van der Waals surface area contributed by atoms with Gasteiger partial charge < -0.3 is 0 Å². The summed E-state index contributed by atoms with van der Waals surface area (Å²) in [5.41, 5.74) is 0. The Balaban J connectivity index is 0. The minimum atomic E-state index is -2.42. The van der Waals surface area contributed by atoms with E-state index in [1.54, 1.807) is 0 Å². The van der Waals surface area contributed by atoms with Crippen molar-refractivity contribution in [2.45, 2.75) is 0 Å². The van der Waals surface area contributed by atoms with E-state index in [1.807, 2.05) is 0 Å². The van der Waals surface area contributed by atoms with Crippen molar-refractivity contribution >= 4 is 59.4 Å². The molecular formula is H4BaN2O2S. The molecule has 0 atom stereocenters. The standard InChI is InChI=1S/Ba.H2N2O2S.2H/c;1-2-5(3)4;;/h;1H2;;. The van der Waals surface area contributed by atoms with E-state index in [4.69, 9.17) is 8.42 Å². The van der Waals surface area contributed by atoms with Gasteiger partial charge in [0.05, 0.1) is 0 Å². The molecular weight excluding hydrogens is 229 g/mol. The van der Waals surface area contributed by atoms with Gasteiger partial charge in [-0.05, 0) is 0 Å². The predicted octanol–water partition coefficient (Wildman–Crippen LogP) is -1.99. The molecule has 6 heteroatoms. The van der Waals surface area contributed by atoms with E-state index >= 15 is 0 Å². The van der Waals surface area contributed by atoms with Crippen LogP contribution in [0.4, 0.5) is 0 Å². The van der Waals surface area contributed by atoms with Gasteiger partial charge in [0, 0.05) is 0 Å². The Morgan fingerprint density at radius 1 is 1.50 bits per heavy atom. The maximum absolute atomic E-state index is 9.08. The minimum absolute atomic E-state index is 0. The average Bonchev–Trinajstić information content (AvgIpc) is 1.38. The van der Waals surface area contributed by atoms with Gasteiger partial charge in [-0.25, -0.2) is 5.84 Å². The Morgan fingerprint density at radius 2 is 1.67 bits per heavy atom. The van der Waals surface area contributed by atoms with E-state index in [2.05, 4.69) is 10.3 Å². The van der Waals surface area contributed by atoms with Gasteiger partial charge in [-0.15, -0.1) is 0 Å². The van der Waals surface area contributed by atoms with Gasteiger partial charge in [0.15, 0.2) is 0 Å². The first-order valence-corrected chi connectivity index (χ1v) is 1.81. The summed E-state index contributed by atoms with van der Waals surface area (Å²) in [5, 5.41) is 0. The zero-order chi connectivity index (χ0) is 4.28. The Labute approximate surface area is 76.9 Å². The summed E-state index contributed by atoms with van der Waals surface area (Å²) in [4.78, 5) is 0. The van der Waals surface area contributed by atoms with E-state index < -0.39 is 10.5 Å². The van der Waals surface area contributed by atoms with Crippen molar-refractivity contribution in [1.82, 2.24) is 0 Å². The van der Waals surface area contributed by atoms with Crippen molar-refractivity contribution in [1.29, 1.82) is 0 Å². The second-order valence-corrected chi connectivity index (χ2v) is 0.968. The number of rotatable bonds is 0. The van der Waals surface area contributed by atoms with Gasteiger partial charge in [-0.3, -0.25) is 0 Å². The molecule has 0 heterocycles. The fraction of sp³-hybridized carbons (Fsp3) is 0. The zero-order valence-corrected chi connectivity index (χ0v) is 3.07. The summed E-state index contributed by atoms with van der Waals surface area (Å²) in [6, 6.07) is 0. The van der Waals surface area contributed by atoms with E-state index in [0.29, 0.717) is 0 Å². The van der Waals surface area contributed by atoms with Crippen LogP contribution in [0.3, 0.4) is 0 Å². The van der Waals surface area contributed by atoms with Crippen LogP contribution < -0.4 is 5.84 Å². The van der Waals surface area contributed by atoms with Crippen molar-refractivity contribution in [2.24, 2.45) is 10.3 Å². The first kappa shape index (κ1) is 10.2. The van der Waals surface area contributed by atoms with E-state index in [1.165, 1.54) is 0 Å². The SMILES string of the molecule is NN=S(=O)=O.[BaH2]. The third-order valence-corrected chi connectivity index (χ3v) is 0.258. The Bertz CT molecular complexity index is 114. The van der Waals surface area contributed by atoms with Crippen molar-refractivity contribution in [2.75, 3.05) is 0 Å². The number of hydrogen-bond donors (Lipinski definition) is 1. The second-order valence-electron chi connectivity index (χ2n) is 0.323.